The molecule has 0 aromatic heterocycles. The van der Waals surface area contributed by atoms with Gasteiger partial charge >= 0.3 is 0 Å². The van der Waals surface area contributed by atoms with E-state index in [2.05, 4.69) is 23.8 Å². The van der Waals surface area contributed by atoms with Crippen molar-refractivity contribution in [1.29, 1.82) is 0 Å². The largest absolute Gasteiger partial charge is 0.381 e. The lowest BCUT2D eigenvalue weighted by Crippen LogP contribution is -2.73. The molecule has 114 valence electrons. The predicted molar refractivity (Wildman–Crippen MR) is 78.5 cm³/mol. The van der Waals surface area contributed by atoms with Crippen LogP contribution in [0.1, 0.15) is 39.0 Å². The van der Waals surface area contributed by atoms with Gasteiger partial charge in [-0.25, -0.2) is 0 Å². The van der Waals surface area contributed by atoms with E-state index < -0.39 is 0 Å². The highest BCUT2D eigenvalue weighted by atomic mass is 16.5. The number of hydrogen-bond donors (Lipinski definition) is 0. The Balaban J connectivity index is 1.54. The molecule has 0 aromatic carbocycles. The van der Waals surface area contributed by atoms with Gasteiger partial charge < -0.3 is 9.64 Å². The zero-order valence-electron chi connectivity index (χ0n) is 12.9. The summed E-state index contributed by atoms with van der Waals surface area (Å²) < 4.78 is 5.61. The van der Waals surface area contributed by atoms with Gasteiger partial charge in [-0.2, -0.15) is 0 Å². The number of hydrogen-bond acceptors (Lipinski definition) is 3. The molecule has 1 aliphatic carbocycles. The maximum atomic E-state index is 12.3. The second-order valence-corrected chi connectivity index (χ2v) is 6.99. The summed E-state index contributed by atoms with van der Waals surface area (Å²) in [6, 6.07) is 0. The third kappa shape index (κ3) is 2.48. The second kappa shape index (κ2) is 5.64. The number of nitrogens with zero attached hydrogens (tertiary/aromatic N) is 2. The van der Waals surface area contributed by atoms with Crippen LogP contribution in [-0.2, 0) is 9.53 Å². The number of carbonyl (C=O) groups excluding carboxylic acids is 1. The van der Waals surface area contributed by atoms with Crippen molar-refractivity contribution >= 4 is 5.91 Å². The van der Waals surface area contributed by atoms with E-state index in [1.54, 1.807) is 0 Å². The quantitative estimate of drug-likeness (QED) is 0.786. The molecule has 2 aliphatic heterocycles. The molecular weight excluding hydrogens is 252 g/mol. The Bertz CT molecular complexity index is 359. The average Bonchev–Trinajstić information content (AvgIpc) is 2.33. The van der Waals surface area contributed by atoms with E-state index in [0.29, 0.717) is 17.7 Å². The molecule has 3 fully saturated rings. The Hall–Kier alpha value is -0.610. The summed E-state index contributed by atoms with van der Waals surface area (Å²) >= 11 is 0. The number of ether oxygens (including phenoxy) is 1. The third-order valence-electron chi connectivity index (χ3n) is 5.65. The van der Waals surface area contributed by atoms with Gasteiger partial charge in [0.25, 0.3) is 0 Å². The van der Waals surface area contributed by atoms with E-state index in [-0.39, 0.29) is 5.54 Å². The molecule has 0 N–H and O–H groups in total. The molecule has 0 unspecified atom stereocenters. The van der Waals surface area contributed by atoms with Crippen molar-refractivity contribution in [3.8, 4) is 0 Å². The summed E-state index contributed by atoms with van der Waals surface area (Å²) in [6.07, 6.45) is 5.90. The minimum atomic E-state index is 0.249. The maximum Gasteiger partial charge on any atom is 0.225 e. The second-order valence-electron chi connectivity index (χ2n) is 6.99. The molecule has 4 heteroatoms. The minimum Gasteiger partial charge on any atom is -0.381 e. The zero-order chi connectivity index (χ0) is 14.2. The number of amides is 1. The fraction of sp³-hybridized carbons (Fsp3) is 0.938. The van der Waals surface area contributed by atoms with Gasteiger partial charge in [0.15, 0.2) is 0 Å². The lowest BCUT2D eigenvalue weighted by Gasteiger charge is -2.59. The first-order valence-electron chi connectivity index (χ1n) is 8.22. The van der Waals surface area contributed by atoms with Gasteiger partial charge in [0.2, 0.25) is 5.91 Å². The Kier molecular flexibility index (Phi) is 4.04. The van der Waals surface area contributed by atoms with Gasteiger partial charge in [0.05, 0.1) is 5.54 Å². The van der Waals surface area contributed by atoms with E-state index in [9.17, 15) is 4.79 Å². The number of likely N-dealkylation sites (N-methyl/N-ethyl adjacent to an activating group) is 1. The van der Waals surface area contributed by atoms with E-state index in [1.165, 1.54) is 19.3 Å². The molecule has 3 aliphatic rings. The van der Waals surface area contributed by atoms with Crippen LogP contribution in [0, 0.1) is 11.8 Å². The molecule has 4 nitrogen and oxygen atoms in total. The average molecular weight is 280 g/mol. The van der Waals surface area contributed by atoms with Gasteiger partial charge in [0.1, 0.15) is 0 Å². The smallest absolute Gasteiger partial charge is 0.225 e. The van der Waals surface area contributed by atoms with Crippen molar-refractivity contribution in [3.63, 3.8) is 0 Å². The predicted octanol–water partition coefficient (Wildman–Crippen LogP) is 1.75. The summed E-state index contributed by atoms with van der Waals surface area (Å²) in [6.45, 7) is 6.80. The van der Waals surface area contributed by atoms with Crippen molar-refractivity contribution in [2.75, 3.05) is 39.9 Å². The molecule has 1 spiro atoms. The van der Waals surface area contributed by atoms with Crippen LogP contribution < -0.4 is 0 Å². The summed E-state index contributed by atoms with van der Waals surface area (Å²) in [5.74, 6) is 1.44. The van der Waals surface area contributed by atoms with Crippen molar-refractivity contribution in [2.45, 2.75) is 44.6 Å². The zero-order valence-corrected chi connectivity index (χ0v) is 12.9. The fourth-order valence-electron chi connectivity index (χ4n) is 3.94. The molecule has 1 saturated carbocycles. The number of carbonyl (C=O) groups is 1. The topological polar surface area (TPSA) is 32.8 Å². The summed E-state index contributed by atoms with van der Waals surface area (Å²) in [4.78, 5) is 16.9. The summed E-state index contributed by atoms with van der Waals surface area (Å²) in [5, 5.41) is 0. The first kappa shape index (κ1) is 14.3. The van der Waals surface area contributed by atoms with Crippen molar-refractivity contribution in [3.05, 3.63) is 0 Å². The van der Waals surface area contributed by atoms with Crippen LogP contribution in [0.4, 0.5) is 0 Å². The van der Waals surface area contributed by atoms with Crippen LogP contribution in [-0.4, -0.2) is 61.1 Å². The standard InChI is InChI=1S/C16H28N2O2/c1-3-20-10-13-7-8-17(2)16(9-13)11-18(12-16)15(19)14-5-4-6-14/h13-14H,3-12H2,1-2H3/t13-/m0/s1. The fourth-order valence-corrected chi connectivity index (χ4v) is 3.94. The third-order valence-corrected chi connectivity index (χ3v) is 5.65. The van der Waals surface area contributed by atoms with Gasteiger partial charge in [-0.3, -0.25) is 9.69 Å². The molecule has 0 bridgehead atoms. The molecule has 0 aromatic rings. The maximum absolute atomic E-state index is 12.3. The lowest BCUT2D eigenvalue weighted by atomic mass is 9.74. The van der Waals surface area contributed by atoms with Crippen LogP contribution in [0.3, 0.4) is 0 Å². The van der Waals surface area contributed by atoms with Gasteiger partial charge in [-0.05, 0) is 52.1 Å². The van der Waals surface area contributed by atoms with E-state index in [0.717, 1.165) is 45.7 Å². The Morgan fingerprint density at radius 2 is 2.05 bits per heavy atom. The minimum absolute atomic E-state index is 0.249. The van der Waals surface area contributed by atoms with Gasteiger partial charge in [0, 0.05) is 32.2 Å². The number of piperidine rings is 1. The van der Waals surface area contributed by atoms with Gasteiger partial charge in [-0.15, -0.1) is 0 Å². The van der Waals surface area contributed by atoms with Crippen LogP contribution in [0.15, 0.2) is 0 Å². The molecule has 2 saturated heterocycles. The van der Waals surface area contributed by atoms with E-state index >= 15 is 0 Å². The highest BCUT2D eigenvalue weighted by molar-refractivity contribution is 5.80. The molecule has 0 radical (unpaired) electrons. The van der Waals surface area contributed by atoms with Crippen molar-refractivity contribution < 1.29 is 9.53 Å². The normalized spacial score (nSPS) is 30.1. The highest BCUT2D eigenvalue weighted by Gasteiger charge is 2.51. The monoisotopic (exact) mass is 280 g/mol. The molecule has 1 atom stereocenters. The Labute approximate surface area is 122 Å². The Morgan fingerprint density at radius 1 is 1.30 bits per heavy atom. The lowest BCUT2D eigenvalue weighted by molar-refractivity contribution is -0.157. The number of rotatable bonds is 4. The summed E-state index contributed by atoms with van der Waals surface area (Å²) in [7, 11) is 2.22. The van der Waals surface area contributed by atoms with Crippen LogP contribution in [0.5, 0.6) is 0 Å². The first-order valence-corrected chi connectivity index (χ1v) is 8.22. The van der Waals surface area contributed by atoms with E-state index in [1.807, 2.05) is 0 Å². The van der Waals surface area contributed by atoms with E-state index in [4.69, 9.17) is 4.74 Å². The van der Waals surface area contributed by atoms with Crippen LogP contribution in [0.25, 0.3) is 0 Å². The SMILES string of the molecule is CCOC[C@H]1CCN(C)C2(C1)CN(C(=O)C1CCC1)C2. The molecule has 2 heterocycles. The molecule has 3 rings (SSSR count). The summed E-state index contributed by atoms with van der Waals surface area (Å²) in [5.41, 5.74) is 0.249. The number of likely N-dealkylation sites (tertiary alicyclic amines) is 2. The van der Waals surface area contributed by atoms with Crippen LogP contribution in [0.2, 0.25) is 0 Å². The Morgan fingerprint density at radius 3 is 2.65 bits per heavy atom. The molecular formula is C16H28N2O2. The van der Waals surface area contributed by atoms with Crippen molar-refractivity contribution in [2.24, 2.45) is 11.8 Å². The first-order chi connectivity index (χ1) is 9.64. The van der Waals surface area contributed by atoms with Gasteiger partial charge in [-0.1, -0.05) is 6.42 Å². The van der Waals surface area contributed by atoms with Crippen molar-refractivity contribution in [1.82, 2.24) is 9.80 Å². The highest BCUT2D eigenvalue weighted by Crippen LogP contribution is 2.40. The van der Waals surface area contributed by atoms with Crippen LogP contribution >= 0.6 is 0 Å². The molecule has 20 heavy (non-hydrogen) atoms. The molecule has 1 amide bonds.